The van der Waals surface area contributed by atoms with Gasteiger partial charge in [-0.15, -0.1) is 0 Å². The van der Waals surface area contributed by atoms with Crippen molar-refractivity contribution in [1.29, 1.82) is 0 Å². The lowest BCUT2D eigenvalue weighted by molar-refractivity contribution is 0.0600. The van der Waals surface area contributed by atoms with Gasteiger partial charge in [0.15, 0.2) is 0 Å². The summed E-state index contributed by atoms with van der Waals surface area (Å²) in [5, 5.41) is 11.6. The first-order chi connectivity index (χ1) is 19.2. The van der Waals surface area contributed by atoms with Crippen LogP contribution in [0.25, 0.3) is 0 Å². The number of rotatable bonds is 11. The molecule has 0 bridgehead atoms. The maximum atomic E-state index is 13.1. The summed E-state index contributed by atoms with van der Waals surface area (Å²) >= 11 is 6.02. The zero-order chi connectivity index (χ0) is 28.7. The van der Waals surface area contributed by atoms with Gasteiger partial charge in [-0.1, -0.05) is 66.2 Å². The van der Waals surface area contributed by atoms with Crippen LogP contribution in [0.3, 0.4) is 0 Å². The van der Waals surface area contributed by atoms with E-state index in [0.717, 1.165) is 16.7 Å². The number of hydrogen-bond acceptors (Lipinski definition) is 6. The molecule has 2 atom stereocenters. The highest BCUT2D eigenvalue weighted by molar-refractivity contribution is 7.91. The van der Waals surface area contributed by atoms with E-state index < -0.39 is 21.9 Å². The van der Waals surface area contributed by atoms with Crippen LogP contribution < -0.4 is 0 Å². The molecule has 0 heterocycles. The first kappa shape index (κ1) is 29.5. The quantitative estimate of drug-likeness (QED) is 0.216. The summed E-state index contributed by atoms with van der Waals surface area (Å²) < 4.78 is 31.0. The van der Waals surface area contributed by atoms with Crippen LogP contribution in [0.1, 0.15) is 40.1 Å². The van der Waals surface area contributed by atoms with Gasteiger partial charge in [0.1, 0.15) is 0 Å². The predicted octanol–water partition coefficient (Wildman–Crippen LogP) is 6.13. The van der Waals surface area contributed by atoms with E-state index in [9.17, 15) is 18.3 Å². The van der Waals surface area contributed by atoms with Crippen molar-refractivity contribution in [2.45, 2.75) is 41.8 Å². The zero-order valence-electron chi connectivity index (χ0n) is 22.4. The van der Waals surface area contributed by atoms with Gasteiger partial charge >= 0.3 is 5.97 Å². The monoisotopic (exact) mass is 577 g/mol. The number of aliphatic hydroxyl groups excluding tert-OH is 1. The number of esters is 1. The van der Waals surface area contributed by atoms with Crippen LogP contribution in [0.5, 0.6) is 0 Å². The van der Waals surface area contributed by atoms with Crippen LogP contribution in [0, 0.1) is 0 Å². The number of ether oxygens (including phenoxy) is 1. The predicted molar refractivity (Wildman–Crippen MR) is 156 cm³/mol. The van der Waals surface area contributed by atoms with E-state index in [1.807, 2.05) is 42.5 Å². The number of methoxy groups -OCH3 is 1. The maximum absolute atomic E-state index is 13.1. The Morgan fingerprint density at radius 2 is 1.43 bits per heavy atom. The highest BCUT2D eigenvalue weighted by atomic mass is 35.5. The molecule has 0 aliphatic carbocycles. The molecule has 0 spiro atoms. The minimum Gasteiger partial charge on any atom is -0.465 e. The molecular weight excluding hydrogens is 546 g/mol. The Labute approximate surface area is 240 Å². The molecule has 40 heavy (non-hydrogen) atoms. The van der Waals surface area contributed by atoms with Gasteiger partial charge in [0.25, 0.3) is 0 Å². The number of benzene rings is 4. The van der Waals surface area contributed by atoms with E-state index in [2.05, 4.69) is 28.7 Å². The normalized spacial score (nSPS) is 13.1. The highest BCUT2D eigenvalue weighted by Crippen LogP contribution is 2.24. The van der Waals surface area contributed by atoms with Crippen LogP contribution >= 0.6 is 11.6 Å². The van der Waals surface area contributed by atoms with Gasteiger partial charge in [-0.2, -0.15) is 0 Å². The van der Waals surface area contributed by atoms with Crippen molar-refractivity contribution in [1.82, 2.24) is 4.90 Å². The highest BCUT2D eigenvalue weighted by Gasteiger charge is 2.22. The molecule has 0 saturated carbocycles. The lowest BCUT2D eigenvalue weighted by Crippen LogP contribution is -2.37. The van der Waals surface area contributed by atoms with Crippen molar-refractivity contribution in [3.05, 3.63) is 130 Å². The second-order valence-electron chi connectivity index (χ2n) is 9.70. The lowest BCUT2D eigenvalue weighted by Gasteiger charge is -2.31. The molecule has 4 aromatic carbocycles. The molecule has 0 aliphatic rings. The van der Waals surface area contributed by atoms with Gasteiger partial charge in [0.05, 0.1) is 28.6 Å². The fourth-order valence-electron chi connectivity index (χ4n) is 4.53. The molecular formula is C32H32ClNO5S. The molecule has 0 amide bonds. The van der Waals surface area contributed by atoms with Crippen molar-refractivity contribution >= 4 is 27.4 Å². The number of carbonyl (C=O) groups excluding carboxylic acids is 1. The number of carbonyl (C=O) groups is 1. The van der Waals surface area contributed by atoms with E-state index >= 15 is 0 Å². The zero-order valence-corrected chi connectivity index (χ0v) is 24.0. The summed E-state index contributed by atoms with van der Waals surface area (Å²) in [4.78, 5) is 14.2. The molecule has 4 aromatic rings. The average Bonchev–Trinajstić information content (AvgIpc) is 2.97. The maximum Gasteiger partial charge on any atom is 0.337 e. The van der Waals surface area contributed by atoms with Crippen molar-refractivity contribution in [3.63, 3.8) is 0 Å². The Balaban J connectivity index is 1.49. The molecule has 8 heteroatoms. The van der Waals surface area contributed by atoms with Crippen molar-refractivity contribution < 1.29 is 23.1 Å². The van der Waals surface area contributed by atoms with Crippen molar-refractivity contribution in [3.8, 4) is 0 Å². The van der Waals surface area contributed by atoms with Gasteiger partial charge < -0.3 is 9.84 Å². The van der Waals surface area contributed by atoms with Crippen LogP contribution in [-0.2, 0) is 27.5 Å². The first-order valence-corrected chi connectivity index (χ1v) is 14.8. The smallest absolute Gasteiger partial charge is 0.337 e. The number of hydrogen-bond donors (Lipinski definition) is 1. The van der Waals surface area contributed by atoms with E-state index in [1.54, 1.807) is 24.3 Å². The van der Waals surface area contributed by atoms with Gasteiger partial charge in [0, 0.05) is 24.2 Å². The Morgan fingerprint density at radius 3 is 2.00 bits per heavy atom. The Morgan fingerprint density at radius 1 is 0.850 bits per heavy atom. The molecule has 0 radical (unpaired) electrons. The molecule has 0 fully saturated rings. The van der Waals surface area contributed by atoms with Gasteiger partial charge in [-0.3, -0.25) is 4.90 Å². The van der Waals surface area contributed by atoms with Gasteiger partial charge in [-0.25, -0.2) is 13.2 Å². The second-order valence-corrected chi connectivity index (χ2v) is 12.1. The lowest BCUT2D eigenvalue weighted by atomic mass is 10.0. The van der Waals surface area contributed by atoms with Gasteiger partial charge in [-0.05, 0) is 78.6 Å². The number of sulfone groups is 1. The minimum atomic E-state index is -3.75. The van der Waals surface area contributed by atoms with E-state index in [0.29, 0.717) is 24.5 Å². The summed E-state index contributed by atoms with van der Waals surface area (Å²) in [6, 6.07) is 29.9. The van der Waals surface area contributed by atoms with Crippen molar-refractivity contribution in [2.24, 2.45) is 0 Å². The molecule has 6 nitrogen and oxygen atoms in total. The second kappa shape index (κ2) is 13.2. The van der Waals surface area contributed by atoms with E-state index in [4.69, 9.17) is 11.6 Å². The third-order valence-corrected chi connectivity index (χ3v) is 8.90. The average molecular weight is 578 g/mol. The van der Waals surface area contributed by atoms with Crippen LogP contribution in [0.15, 0.2) is 113 Å². The van der Waals surface area contributed by atoms with Crippen LogP contribution in [-0.4, -0.2) is 44.1 Å². The summed E-state index contributed by atoms with van der Waals surface area (Å²) in [5.41, 5.74) is 3.19. The topological polar surface area (TPSA) is 83.9 Å². The third kappa shape index (κ3) is 7.37. The molecule has 0 unspecified atom stereocenters. The summed E-state index contributed by atoms with van der Waals surface area (Å²) in [5.74, 6) is -0.524. The summed E-state index contributed by atoms with van der Waals surface area (Å²) in [6.45, 7) is 3.18. The fourth-order valence-corrected chi connectivity index (χ4v) is 5.92. The molecule has 208 valence electrons. The Hall–Kier alpha value is -3.49. The number of halogens is 1. The number of aliphatic hydroxyl groups is 1. The van der Waals surface area contributed by atoms with Crippen LogP contribution in [0.4, 0.5) is 0 Å². The fraction of sp³-hybridized carbons (Fsp3) is 0.219. The Kier molecular flexibility index (Phi) is 9.76. The van der Waals surface area contributed by atoms with Crippen LogP contribution in [0.2, 0.25) is 5.02 Å². The summed E-state index contributed by atoms with van der Waals surface area (Å²) in [7, 11) is -2.47. The third-order valence-electron chi connectivity index (χ3n) is 6.86. The van der Waals surface area contributed by atoms with E-state index in [-0.39, 0.29) is 21.4 Å². The van der Waals surface area contributed by atoms with E-state index in [1.165, 1.54) is 31.4 Å². The molecule has 0 aliphatic heterocycles. The van der Waals surface area contributed by atoms with Crippen molar-refractivity contribution in [2.75, 3.05) is 13.7 Å². The molecule has 1 N–H and O–H groups in total. The SMILES string of the molecule is COC(=O)c1ccc(S(=O)(=O)c2ccc(C[C@@H](C)N(Cc3ccccc3)C[C@@H](O)c3ccc(Cl)cc3)cc2)cc1. The first-order valence-electron chi connectivity index (χ1n) is 12.9. The molecule has 0 aromatic heterocycles. The number of nitrogens with zero attached hydrogens (tertiary/aromatic N) is 1. The molecule has 0 saturated heterocycles. The largest absolute Gasteiger partial charge is 0.465 e. The molecule has 4 rings (SSSR count). The standard InChI is InChI=1S/C32H32ClNO5S/c1-23(34(21-25-6-4-3-5-7-25)22-31(35)26-10-14-28(33)15-11-26)20-24-8-16-29(17-9-24)40(37,38)30-18-12-27(13-19-30)32(36)39-2/h3-19,23,31,35H,20-22H2,1-2H3/t23-,31-/m1/s1. The summed E-state index contributed by atoms with van der Waals surface area (Å²) in [6.07, 6.45) is -0.0320. The minimum absolute atomic E-state index is 0.0514. The Bertz CT molecular complexity index is 1510. The van der Waals surface area contributed by atoms with Gasteiger partial charge in [0.2, 0.25) is 9.84 Å².